The Morgan fingerprint density at radius 2 is 1.32 bits per heavy atom. The molecule has 0 heterocycles. The Hall–Kier alpha value is -4.60. The van der Waals surface area contributed by atoms with E-state index in [0.717, 1.165) is 24.3 Å². The summed E-state index contributed by atoms with van der Waals surface area (Å²) in [6.07, 6.45) is 0. The second-order valence-electron chi connectivity index (χ2n) is 6.34. The number of aromatic carboxylic acids is 1. The van der Waals surface area contributed by atoms with E-state index in [-0.39, 0.29) is 23.3 Å². The lowest BCUT2D eigenvalue weighted by molar-refractivity contribution is -0.385. The van der Waals surface area contributed by atoms with E-state index in [1.807, 2.05) is 0 Å². The first-order chi connectivity index (χ1) is 14.8. The van der Waals surface area contributed by atoms with Crippen LogP contribution in [0.4, 0.5) is 11.4 Å². The van der Waals surface area contributed by atoms with Crippen LogP contribution in [0, 0.1) is 20.2 Å². The number of esters is 1. The van der Waals surface area contributed by atoms with Gasteiger partial charge in [-0.2, -0.15) is 0 Å². The van der Waals surface area contributed by atoms with E-state index < -0.39 is 38.7 Å². The smallest absolute Gasteiger partial charge is 0.339 e. The van der Waals surface area contributed by atoms with Crippen LogP contribution in [0.15, 0.2) is 66.7 Å². The average molecular weight is 422 g/mol. The number of non-ortho nitro benzene ring substituents is 2. The van der Waals surface area contributed by atoms with Gasteiger partial charge in [0.25, 0.3) is 11.4 Å². The minimum atomic E-state index is -1.46. The summed E-state index contributed by atoms with van der Waals surface area (Å²) in [6.45, 7) is -0.103. The van der Waals surface area contributed by atoms with Crippen LogP contribution in [-0.4, -0.2) is 26.9 Å². The fraction of sp³-hybridized carbons (Fsp3) is 0.0476. The molecule has 1 N–H and O–H groups in total. The van der Waals surface area contributed by atoms with Gasteiger partial charge in [0.1, 0.15) is 6.61 Å². The first kappa shape index (κ1) is 21.1. The molecule has 0 aliphatic heterocycles. The summed E-state index contributed by atoms with van der Waals surface area (Å²) in [5.74, 6) is -2.36. The summed E-state index contributed by atoms with van der Waals surface area (Å²) >= 11 is 0. The number of hydrogen-bond donors (Lipinski definition) is 1. The van der Waals surface area contributed by atoms with Crippen molar-refractivity contribution in [3.8, 4) is 11.1 Å². The van der Waals surface area contributed by atoms with Crippen molar-refractivity contribution in [3.63, 3.8) is 0 Å². The van der Waals surface area contributed by atoms with Gasteiger partial charge in [-0.1, -0.05) is 30.3 Å². The molecular formula is C21H14N2O8. The number of carboxylic acid groups (broad SMARTS) is 1. The zero-order chi connectivity index (χ0) is 22.5. The Morgan fingerprint density at radius 1 is 0.806 bits per heavy atom. The summed E-state index contributed by atoms with van der Waals surface area (Å²) in [7, 11) is 0. The molecule has 3 aromatic carbocycles. The first-order valence-electron chi connectivity index (χ1n) is 8.79. The minimum absolute atomic E-state index is 0.0142. The third-order valence-electron chi connectivity index (χ3n) is 4.38. The van der Waals surface area contributed by atoms with Gasteiger partial charge in [-0.25, -0.2) is 9.59 Å². The van der Waals surface area contributed by atoms with E-state index in [1.165, 1.54) is 12.1 Å². The van der Waals surface area contributed by atoms with E-state index in [4.69, 9.17) is 4.74 Å². The number of hydrogen-bond acceptors (Lipinski definition) is 7. The Bertz CT molecular complexity index is 1190. The lowest BCUT2D eigenvalue weighted by atomic mass is 9.94. The van der Waals surface area contributed by atoms with E-state index in [2.05, 4.69) is 0 Å². The Morgan fingerprint density at radius 3 is 1.84 bits per heavy atom. The van der Waals surface area contributed by atoms with Crippen molar-refractivity contribution < 1.29 is 29.3 Å². The number of carboxylic acids is 1. The molecule has 0 saturated carbocycles. The SMILES string of the molecule is O=C(O)c1cc([N+](=O)[O-])ccc1-c1ccc([N+](=O)[O-])cc1C(=O)OCc1ccccc1. The number of nitro groups is 2. The number of rotatable bonds is 7. The zero-order valence-corrected chi connectivity index (χ0v) is 15.8. The summed E-state index contributed by atoms with van der Waals surface area (Å²) in [4.78, 5) is 45.2. The predicted molar refractivity (Wildman–Crippen MR) is 108 cm³/mol. The Kier molecular flexibility index (Phi) is 6.01. The summed E-state index contributed by atoms with van der Waals surface area (Å²) in [6, 6.07) is 15.1. The molecule has 3 rings (SSSR count). The molecule has 0 atom stereocenters. The molecular weight excluding hydrogens is 408 g/mol. The van der Waals surface area contributed by atoms with Gasteiger partial charge < -0.3 is 9.84 Å². The molecule has 3 aromatic rings. The maximum absolute atomic E-state index is 12.7. The second-order valence-corrected chi connectivity index (χ2v) is 6.34. The minimum Gasteiger partial charge on any atom is -0.478 e. The van der Waals surface area contributed by atoms with Crippen molar-refractivity contribution in [2.75, 3.05) is 0 Å². The molecule has 0 unspecified atom stereocenters. The highest BCUT2D eigenvalue weighted by Gasteiger charge is 2.24. The van der Waals surface area contributed by atoms with Gasteiger partial charge in [-0.05, 0) is 28.8 Å². The lowest BCUT2D eigenvalue weighted by Crippen LogP contribution is -2.09. The summed E-state index contributed by atoms with van der Waals surface area (Å²) in [5.41, 5.74) is -0.799. The molecule has 0 aromatic heterocycles. The van der Waals surface area contributed by atoms with Gasteiger partial charge in [0.2, 0.25) is 0 Å². The standard InChI is InChI=1S/C21H14N2O8/c24-20(25)18-10-14(22(27)28)6-8-16(18)17-9-7-15(23(29)30)11-19(17)21(26)31-12-13-4-2-1-3-5-13/h1-11H,12H2,(H,24,25). The third kappa shape index (κ3) is 4.70. The average Bonchev–Trinajstić information content (AvgIpc) is 2.77. The Balaban J connectivity index is 2.08. The maximum Gasteiger partial charge on any atom is 0.339 e. The molecule has 0 spiro atoms. The van der Waals surface area contributed by atoms with Crippen LogP contribution in [0.25, 0.3) is 11.1 Å². The number of nitro benzene ring substituents is 2. The second kappa shape index (κ2) is 8.82. The Labute approximate surface area is 174 Å². The van der Waals surface area contributed by atoms with Gasteiger partial charge in [0.05, 0.1) is 21.0 Å². The van der Waals surface area contributed by atoms with Crippen molar-refractivity contribution >= 4 is 23.3 Å². The largest absolute Gasteiger partial charge is 0.478 e. The van der Waals surface area contributed by atoms with Crippen LogP contribution in [-0.2, 0) is 11.3 Å². The van der Waals surface area contributed by atoms with Crippen molar-refractivity contribution in [2.24, 2.45) is 0 Å². The number of nitrogens with zero attached hydrogens (tertiary/aromatic N) is 2. The van der Waals surface area contributed by atoms with E-state index in [9.17, 15) is 34.9 Å². The van der Waals surface area contributed by atoms with Crippen LogP contribution >= 0.6 is 0 Å². The van der Waals surface area contributed by atoms with Crippen LogP contribution < -0.4 is 0 Å². The highest BCUT2D eigenvalue weighted by molar-refractivity contribution is 6.03. The number of carbonyl (C=O) groups excluding carboxylic acids is 1. The number of benzene rings is 3. The van der Waals surface area contributed by atoms with Gasteiger partial charge in [0.15, 0.2) is 0 Å². The highest BCUT2D eigenvalue weighted by atomic mass is 16.6. The molecule has 0 saturated heterocycles. The zero-order valence-electron chi connectivity index (χ0n) is 15.8. The van der Waals surface area contributed by atoms with Crippen molar-refractivity contribution in [2.45, 2.75) is 6.61 Å². The molecule has 0 fully saturated rings. The molecule has 10 heteroatoms. The van der Waals surface area contributed by atoms with Gasteiger partial charge in [-0.3, -0.25) is 20.2 Å². The molecule has 0 aliphatic rings. The van der Waals surface area contributed by atoms with E-state index in [1.54, 1.807) is 30.3 Å². The van der Waals surface area contributed by atoms with Crippen molar-refractivity contribution in [1.82, 2.24) is 0 Å². The molecule has 10 nitrogen and oxygen atoms in total. The van der Waals surface area contributed by atoms with Gasteiger partial charge in [0, 0.05) is 24.3 Å². The predicted octanol–water partition coefficient (Wildman–Crippen LogP) is 4.23. The van der Waals surface area contributed by atoms with Gasteiger partial charge >= 0.3 is 11.9 Å². The molecule has 156 valence electrons. The molecule has 0 aliphatic carbocycles. The fourth-order valence-corrected chi connectivity index (χ4v) is 2.91. The first-order valence-corrected chi connectivity index (χ1v) is 8.79. The summed E-state index contributed by atoms with van der Waals surface area (Å²) in [5, 5.41) is 31.7. The molecule has 31 heavy (non-hydrogen) atoms. The maximum atomic E-state index is 12.7. The van der Waals surface area contributed by atoms with E-state index >= 15 is 0 Å². The highest BCUT2D eigenvalue weighted by Crippen LogP contribution is 2.33. The van der Waals surface area contributed by atoms with Crippen LogP contribution in [0.5, 0.6) is 0 Å². The monoisotopic (exact) mass is 422 g/mol. The van der Waals surface area contributed by atoms with Crippen LogP contribution in [0.1, 0.15) is 26.3 Å². The number of carbonyl (C=O) groups is 2. The van der Waals surface area contributed by atoms with Crippen molar-refractivity contribution in [3.05, 3.63) is 104 Å². The summed E-state index contributed by atoms with van der Waals surface area (Å²) < 4.78 is 5.26. The number of ether oxygens (including phenoxy) is 1. The van der Waals surface area contributed by atoms with Crippen LogP contribution in [0.2, 0.25) is 0 Å². The molecule has 0 bridgehead atoms. The van der Waals surface area contributed by atoms with Crippen LogP contribution in [0.3, 0.4) is 0 Å². The fourth-order valence-electron chi connectivity index (χ4n) is 2.91. The van der Waals surface area contributed by atoms with Crippen molar-refractivity contribution in [1.29, 1.82) is 0 Å². The third-order valence-corrected chi connectivity index (χ3v) is 4.38. The quantitative estimate of drug-likeness (QED) is 0.338. The molecule has 0 radical (unpaired) electrons. The van der Waals surface area contributed by atoms with Gasteiger partial charge in [-0.15, -0.1) is 0 Å². The van der Waals surface area contributed by atoms with E-state index in [0.29, 0.717) is 5.56 Å². The lowest BCUT2D eigenvalue weighted by Gasteiger charge is -2.12. The molecule has 0 amide bonds. The normalized spacial score (nSPS) is 10.3. The topological polar surface area (TPSA) is 150 Å².